The Bertz CT molecular complexity index is 377. The second-order valence-corrected chi connectivity index (χ2v) is 8.55. The first-order valence-corrected chi connectivity index (χ1v) is 8.34. The van der Waals surface area contributed by atoms with E-state index in [4.69, 9.17) is 12.7 Å². The summed E-state index contributed by atoms with van der Waals surface area (Å²) >= 11 is 0. The van der Waals surface area contributed by atoms with Crippen LogP contribution in [-0.4, -0.2) is 43.5 Å². The number of hydrogen-bond acceptors (Lipinski definition) is 4. The fourth-order valence-electron chi connectivity index (χ4n) is 2.90. The summed E-state index contributed by atoms with van der Waals surface area (Å²) in [6, 6.07) is 0. The van der Waals surface area contributed by atoms with Gasteiger partial charge in [0.25, 0.3) is 0 Å². The SMILES string of the molecule is [3H]O[C@@H]1C(C2CCCP(=O)(O[3H])C2)O[C@@H](C)C1(C)C. The van der Waals surface area contributed by atoms with Crippen molar-refractivity contribution < 1.29 is 19.3 Å². The molecule has 0 aromatic rings. The van der Waals surface area contributed by atoms with E-state index in [1.54, 1.807) is 0 Å². The summed E-state index contributed by atoms with van der Waals surface area (Å²) in [6.45, 7) is 6.04. The third-order valence-corrected chi connectivity index (χ3v) is 6.51. The molecule has 100 valence electrons. The minimum atomic E-state index is -2.83. The Morgan fingerprint density at radius 2 is 2.29 bits per heavy atom. The smallest absolute Gasteiger partial charge is 0.219 e. The molecule has 5 heteroatoms. The molecule has 0 aromatic heterocycles. The zero-order chi connectivity index (χ0) is 14.3. The summed E-state index contributed by atoms with van der Waals surface area (Å²) in [5.74, 6) is 0.0458. The molecular weight excluding hydrogens is 239 g/mol. The van der Waals surface area contributed by atoms with Gasteiger partial charge < -0.3 is 14.7 Å². The van der Waals surface area contributed by atoms with Gasteiger partial charge >= 0.3 is 0 Å². The van der Waals surface area contributed by atoms with Gasteiger partial charge in [0.1, 0.15) is 0 Å². The molecule has 2 rings (SSSR count). The highest BCUT2D eigenvalue weighted by atomic mass is 31.2. The third kappa shape index (κ3) is 2.46. The molecule has 0 bridgehead atoms. The molecule has 0 aliphatic carbocycles. The summed E-state index contributed by atoms with van der Waals surface area (Å²) in [6.07, 6.45) is 1.94. The van der Waals surface area contributed by atoms with E-state index in [-0.39, 0.29) is 29.6 Å². The Labute approximate surface area is 106 Å². The molecule has 2 aliphatic rings. The fraction of sp³-hybridized carbons (Fsp3) is 1.00. The third-order valence-electron chi connectivity index (χ3n) is 4.49. The van der Waals surface area contributed by atoms with E-state index in [2.05, 4.69) is 4.90 Å². The summed E-state index contributed by atoms with van der Waals surface area (Å²) in [5, 5.41) is 4.91. The predicted molar refractivity (Wildman–Crippen MR) is 66.4 cm³/mol. The lowest BCUT2D eigenvalue weighted by Crippen LogP contribution is -2.40. The van der Waals surface area contributed by atoms with Crippen LogP contribution in [0.1, 0.15) is 33.6 Å². The van der Waals surface area contributed by atoms with Crippen LogP contribution in [0.2, 0.25) is 0 Å². The van der Waals surface area contributed by atoms with Crippen LogP contribution in [0.3, 0.4) is 0 Å². The van der Waals surface area contributed by atoms with E-state index in [1.807, 2.05) is 20.8 Å². The number of ether oxygens (including phenoxy) is 1. The van der Waals surface area contributed by atoms with Crippen LogP contribution in [0.4, 0.5) is 0 Å². The first-order chi connectivity index (χ1) is 8.84. The van der Waals surface area contributed by atoms with Crippen LogP contribution < -0.4 is 0 Å². The molecule has 4 nitrogen and oxygen atoms in total. The van der Waals surface area contributed by atoms with Gasteiger partial charge in [0.2, 0.25) is 10.2 Å². The van der Waals surface area contributed by atoms with Crippen molar-refractivity contribution in [1.29, 1.82) is 2.86 Å². The van der Waals surface area contributed by atoms with Crippen LogP contribution in [-0.2, 0) is 9.30 Å². The minimum absolute atomic E-state index is 0.00826. The number of rotatable bonds is 3. The quantitative estimate of drug-likeness (QED) is 0.765. The fourth-order valence-corrected chi connectivity index (χ4v) is 4.85. The van der Waals surface area contributed by atoms with Crippen molar-refractivity contribution >= 4 is 7.37 Å². The Kier molecular flexibility index (Phi) is 2.80. The van der Waals surface area contributed by atoms with Crippen molar-refractivity contribution in [3.8, 4) is 0 Å². The second kappa shape index (κ2) is 4.34. The van der Waals surface area contributed by atoms with Gasteiger partial charge in [-0.15, -0.1) is 0 Å². The van der Waals surface area contributed by atoms with Crippen molar-refractivity contribution in [3.63, 3.8) is 0 Å². The molecule has 0 aromatic carbocycles. The van der Waals surface area contributed by atoms with Gasteiger partial charge in [-0.2, -0.15) is 0 Å². The summed E-state index contributed by atoms with van der Waals surface area (Å²) < 4.78 is 32.5. The molecule has 0 amide bonds. The monoisotopic (exact) mass is 266 g/mol. The first-order valence-electron chi connectivity index (χ1n) is 7.16. The Morgan fingerprint density at radius 1 is 1.53 bits per heavy atom. The maximum Gasteiger partial charge on any atom is 0.219 e. The van der Waals surface area contributed by atoms with Crippen molar-refractivity contribution in [1.82, 2.24) is 0 Å². The van der Waals surface area contributed by atoms with Gasteiger partial charge in [0.15, 0.2) is 0 Å². The van der Waals surface area contributed by atoms with Gasteiger partial charge in [-0.05, 0) is 25.7 Å². The predicted octanol–water partition coefficient (Wildman–Crippen LogP) is 1.84. The average Bonchev–Trinajstić information content (AvgIpc) is 2.60. The molecule has 5 atom stereocenters. The van der Waals surface area contributed by atoms with Crippen LogP contribution >= 0.6 is 7.37 Å². The topological polar surface area (TPSA) is 66.8 Å². The van der Waals surface area contributed by atoms with E-state index in [0.29, 0.717) is 12.3 Å². The minimum Gasteiger partial charge on any atom is -0.390 e. The maximum atomic E-state index is 12.3. The lowest BCUT2D eigenvalue weighted by Gasteiger charge is -2.32. The van der Waals surface area contributed by atoms with E-state index in [0.717, 1.165) is 12.8 Å². The Morgan fingerprint density at radius 3 is 2.94 bits per heavy atom. The van der Waals surface area contributed by atoms with Crippen LogP contribution in [0.15, 0.2) is 0 Å². The summed E-state index contributed by atoms with van der Waals surface area (Å²) in [5.41, 5.74) is -0.240. The molecule has 0 radical (unpaired) electrons. The highest BCUT2D eigenvalue weighted by Gasteiger charge is 2.51. The van der Waals surface area contributed by atoms with Gasteiger partial charge in [-0.3, -0.25) is 4.57 Å². The van der Waals surface area contributed by atoms with Crippen molar-refractivity contribution in [2.75, 3.05) is 12.3 Å². The normalized spacial score (nSPS) is 51.9. The Balaban J connectivity index is 2.15. The van der Waals surface area contributed by atoms with E-state index >= 15 is 0 Å². The molecular formula is C12H23O4P. The summed E-state index contributed by atoms with van der Waals surface area (Å²) in [4.78, 5) is 4.48. The van der Waals surface area contributed by atoms with Gasteiger partial charge in [0.05, 0.1) is 18.3 Å². The standard InChI is InChI=1S/C12H23O4P/c1-8-12(2,3)11(13)10(16-8)9-5-4-6-17(14,15)7-9/h8-11,13H,4-7H2,1-3H3,(H,14,15)/t8-,9?,10?,11+/m0/s1/i13T/hT. The molecule has 2 fully saturated rings. The molecule has 2 heterocycles. The largest absolute Gasteiger partial charge is 0.390 e. The van der Waals surface area contributed by atoms with E-state index < -0.39 is 7.37 Å². The molecule has 0 saturated carbocycles. The summed E-state index contributed by atoms with van der Waals surface area (Å²) in [7, 11) is -2.83. The van der Waals surface area contributed by atoms with Crippen LogP contribution in [0, 0.1) is 11.3 Å². The highest BCUT2D eigenvalue weighted by Crippen LogP contribution is 2.52. The van der Waals surface area contributed by atoms with Gasteiger partial charge in [0, 0.05) is 17.7 Å². The average molecular weight is 266 g/mol. The number of hydrogen-bond donors (Lipinski definition) is 2. The van der Waals surface area contributed by atoms with Gasteiger partial charge in [-0.25, -0.2) is 0 Å². The lowest BCUT2D eigenvalue weighted by molar-refractivity contribution is -0.0189. The molecule has 3 unspecified atom stereocenters. The van der Waals surface area contributed by atoms with Crippen molar-refractivity contribution in [3.05, 3.63) is 0 Å². The molecule has 0 spiro atoms. The Hall–Kier alpha value is 0.110. The van der Waals surface area contributed by atoms with Crippen LogP contribution in [0.5, 0.6) is 0 Å². The molecule has 2 saturated heterocycles. The van der Waals surface area contributed by atoms with Gasteiger partial charge in [-0.1, -0.05) is 13.8 Å². The molecule has 2 aliphatic heterocycles. The first kappa shape index (κ1) is 11.0. The number of aliphatic hydroxyl groups excluding tert-OH is 1. The zero-order valence-corrected chi connectivity index (χ0v) is 11.6. The van der Waals surface area contributed by atoms with E-state index in [9.17, 15) is 4.57 Å². The van der Waals surface area contributed by atoms with Crippen molar-refractivity contribution in [2.24, 2.45) is 11.3 Å². The number of aliphatic hydroxyl groups is 1. The van der Waals surface area contributed by atoms with Crippen molar-refractivity contribution in [2.45, 2.75) is 51.9 Å². The lowest BCUT2D eigenvalue weighted by atomic mass is 9.79. The van der Waals surface area contributed by atoms with Crippen LogP contribution in [0.25, 0.3) is 0 Å². The maximum absolute atomic E-state index is 12.3. The van der Waals surface area contributed by atoms with E-state index in [1.165, 1.54) is 0 Å². The molecule has 17 heavy (non-hydrogen) atoms. The zero-order valence-electron chi connectivity index (χ0n) is 12.7. The molecule has 2 N–H and O–H groups in total. The second-order valence-electron chi connectivity index (χ2n) is 6.11. The highest BCUT2D eigenvalue weighted by molar-refractivity contribution is 7.58.